The van der Waals surface area contributed by atoms with Crippen LogP contribution in [0.4, 0.5) is 4.79 Å². The first-order valence-electron chi connectivity index (χ1n) is 6.39. The third-order valence-electron chi connectivity index (χ3n) is 2.68. The molecule has 1 aromatic rings. The zero-order valence-corrected chi connectivity index (χ0v) is 12.2. The maximum absolute atomic E-state index is 11.5. The summed E-state index contributed by atoms with van der Waals surface area (Å²) in [6, 6.07) is 9.42. The highest BCUT2D eigenvalue weighted by atomic mass is 32.2. The quantitative estimate of drug-likeness (QED) is 0.718. The molecule has 5 heteroatoms. The van der Waals surface area contributed by atoms with E-state index in [1.54, 1.807) is 11.8 Å². The summed E-state index contributed by atoms with van der Waals surface area (Å²) < 4.78 is 0. The molecule has 0 fully saturated rings. The Bertz CT molecular complexity index is 373. The number of carbonyl (C=O) groups excluding carboxylic acids is 1. The number of urea groups is 1. The molecule has 2 unspecified atom stereocenters. The predicted molar refractivity (Wildman–Crippen MR) is 80.4 cm³/mol. The Morgan fingerprint density at radius 2 is 2.05 bits per heavy atom. The minimum Gasteiger partial charge on any atom is -0.388 e. The minimum atomic E-state index is -0.537. The first-order chi connectivity index (χ1) is 9.13. The van der Waals surface area contributed by atoms with E-state index < -0.39 is 6.10 Å². The molecule has 1 rings (SSSR count). The maximum atomic E-state index is 11.5. The molecule has 3 N–H and O–H groups in total. The predicted octanol–water partition coefficient (Wildman–Crippen LogP) is 2.16. The lowest BCUT2D eigenvalue weighted by atomic mass is 10.1. The summed E-state index contributed by atoms with van der Waals surface area (Å²) >= 11 is 1.70. The van der Waals surface area contributed by atoms with E-state index in [9.17, 15) is 9.90 Å². The molecule has 0 aliphatic heterocycles. The van der Waals surface area contributed by atoms with Crippen molar-refractivity contribution in [2.75, 3.05) is 18.6 Å². The van der Waals surface area contributed by atoms with E-state index in [0.717, 1.165) is 11.3 Å². The van der Waals surface area contributed by atoms with Gasteiger partial charge in [-0.2, -0.15) is 11.8 Å². The number of thioether (sulfide) groups is 1. The van der Waals surface area contributed by atoms with Crippen LogP contribution in [0.5, 0.6) is 0 Å². The molecular weight excluding hydrogens is 260 g/mol. The van der Waals surface area contributed by atoms with Gasteiger partial charge < -0.3 is 15.7 Å². The van der Waals surface area contributed by atoms with Gasteiger partial charge in [0.05, 0.1) is 6.10 Å². The van der Waals surface area contributed by atoms with Gasteiger partial charge in [-0.25, -0.2) is 4.79 Å². The first kappa shape index (κ1) is 15.9. The highest BCUT2D eigenvalue weighted by Gasteiger charge is 2.09. The average molecular weight is 282 g/mol. The van der Waals surface area contributed by atoms with Gasteiger partial charge in [-0.05, 0) is 25.2 Å². The minimum absolute atomic E-state index is 0.147. The SMILES string of the molecule is CSCC(C)NC(=O)NCCC(O)c1ccccc1. The summed E-state index contributed by atoms with van der Waals surface area (Å²) in [5.74, 6) is 0.889. The Hall–Kier alpha value is -1.20. The number of rotatable bonds is 7. The number of nitrogens with one attached hydrogen (secondary N) is 2. The van der Waals surface area contributed by atoms with Crippen LogP contribution in [-0.2, 0) is 0 Å². The fourth-order valence-electron chi connectivity index (χ4n) is 1.73. The van der Waals surface area contributed by atoms with Crippen LogP contribution < -0.4 is 10.6 Å². The van der Waals surface area contributed by atoms with E-state index in [0.29, 0.717) is 13.0 Å². The molecule has 0 spiro atoms. The van der Waals surface area contributed by atoms with Crippen molar-refractivity contribution in [2.24, 2.45) is 0 Å². The van der Waals surface area contributed by atoms with Crippen LogP contribution in [0.25, 0.3) is 0 Å². The van der Waals surface area contributed by atoms with Crippen molar-refractivity contribution < 1.29 is 9.90 Å². The zero-order valence-electron chi connectivity index (χ0n) is 11.4. The van der Waals surface area contributed by atoms with Crippen LogP contribution in [0.15, 0.2) is 30.3 Å². The number of hydrogen-bond acceptors (Lipinski definition) is 3. The van der Waals surface area contributed by atoms with Gasteiger partial charge in [0.1, 0.15) is 0 Å². The Morgan fingerprint density at radius 1 is 1.37 bits per heavy atom. The fraction of sp³-hybridized carbons (Fsp3) is 0.500. The van der Waals surface area contributed by atoms with Gasteiger partial charge in [0, 0.05) is 18.3 Å². The van der Waals surface area contributed by atoms with Gasteiger partial charge >= 0.3 is 6.03 Å². The molecule has 0 heterocycles. The van der Waals surface area contributed by atoms with Crippen LogP contribution in [0.1, 0.15) is 25.0 Å². The number of carbonyl (C=O) groups is 1. The van der Waals surface area contributed by atoms with E-state index in [-0.39, 0.29) is 12.1 Å². The van der Waals surface area contributed by atoms with Crippen molar-refractivity contribution >= 4 is 17.8 Å². The fourth-order valence-corrected chi connectivity index (χ4v) is 2.31. The van der Waals surface area contributed by atoms with Crippen molar-refractivity contribution in [1.29, 1.82) is 0 Å². The first-order valence-corrected chi connectivity index (χ1v) is 7.79. The molecule has 106 valence electrons. The van der Waals surface area contributed by atoms with Crippen molar-refractivity contribution in [3.8, 4) is 0 Å². The normalized spacial score (nSPS) is 13.6. The Kier molecular flexibility index (Phi) is 7.36. The molecule has 2 amide bonds. The summed E-state index contributed by atoms with van der Waals surface area (Å²) in [6.07, 6.45) is 1.98. The van der Waals surface area contributed by atoms with Gasteiger partial charge in [0.2, 0.25) is 0 Å². The summed E-state index contributed by atoms with van der Waals surface area (Å²) in [5.41, 5.74) is 0.875. The number of benzene rings is 1. The Balaban J connectivity index is 2.21. The van der Waals surface area contributed by atoms with Gasteiger partial charge in [0.15, 0.2) is 0 Å². The summed E-state index contributed by atoms with van der Waals surface area (Å²) in [5, 5.41) is 15.5. The van der Waals surface area contributed by atoms with E-state index in [4.69, 9.17) is 0 Å². The van der Waals surface area contributed by atoms with Crippen molar-refractivity contribution in [1.82, 2.24) is 10.6 Å². The van der Waals surface area contributed by atoms with E-state index in [1.807, 2.05) is 43.5 Å². The lowest BCUT2D eigenvalue weighted by Crippen LogP contribution is -2.42. The molecule has 0 saturated carbocycles. The summed E-state index contributed by atoms with van der Waals surface area (Å²) in [7, 11) is 0. The van der Waals surface area contributed by atoms with E-state index in [1.165, 1.54) is 0 Å². The van der Waals surface area contributed by atoms with E-state index in [2.05, 4.69) is 10.6 Å². The third-order valence-corrected chi connectivity index (χ3v) is 3.52. The van der Waals surface area contributed by atoms with Crippen LogP contribution in [0.2, 0.25) is 0 Å². The lowest BCUT2D eigenvalue weighted by Gasteiger charge is -2.15. The second kappa shape index (κ2) is 8.82. The maximum Gasteiger partial charge on any atom is 0.315 e. The molecule has 2 atom stereocenters. The Labute approximate surface area is 119 Å². The zero-order chi connectivity index (χ0) is 14.1. The molecule has 0 bridgehead atoms. The van der Waals surface area contributed by atoms with Gasteiger partial charge in [-0.1, -0.05) is 30.3 Å². The van der Waals surface area contributed by atoms with Crippen LogP contribution in [-0.4, -0.2) is 35.7 Å². The smallest absolute Gasteiger partial charge is 0.315 e. The second-order valence-corrected chi connectivity index (χ2v) is 5.38. The number of aliphatic hydroxyl groups is 1. The van der Waals surface area contributed by atoms with Crippen LogP contribution in [0.3, 0.4) is 0 Å². The highest BCUT2D eigenvalue weighted by molar-refractivity contribution is 7.98. The van der Waals surface area contributed by atoms with Gasteiger partial charge in [-0.15, -0.1) is 0 Å². The van der Waals surface area contributed by atoms with Gasteiger partial charge in [-0.3, -0.25) is 0 Å². The molecule has 1 aromatic carbocycles. The molecule has 0 radical (unpaired) electrons. The monoisotopic (exact) mass is 282 g/mol. The molecule has 0 saturated heterocycles. The number of aliphatic hydroxyl groups excluding tert-OH is 1. The summed E-state index contributed by atoms with van der Waals surface area (Å²) in [4.78, 5) is 11.5. The molecule has 0 aliphatic carbocycles. The van der Waals surface area contributed by atoms with Crippen molar-refractivity contribution in [3.05, 3.63) is 35.9 Å². The topological polar surface area (TPSA) is 61.4 Å². The molecule has 19 heavy (non-hydrogen) atoms. The highest BCUT2D eigenvalue weighted by Crippen LogP contribution is 2.14. The van der Waals surface area contributed by atoms with Crippen molar-refractivity contribution in [3.63, 3.8) is 0 Å². The molecular formula is C14H22N2O2S. The lowest BCUT2D eigenvalue weighted by molar-refractivity contribution is 0.167. The van der Waals surface area contributed by atoms with Crippen LogP contribution >= 0.6 is 11.8 Å². The van der Waals surface area contributed by atoms with Crippen LogP contribution in [0, 0.1) is 0 Å². The Morgan fingerprint density at radius 3 is 2.68 bits per heavy atom. The standard InChI is InChI=1S/C14H22N2O2S/c1-11(10-19-2)16-14(18)15-9-8-13(17)12-6-4-3-5-7-12/h3-7,11,13,17H,8-10H2,1-2H3,(H2,15,16,18). The summed E-state index contributed by atoms with van der Waals surface area (Å²) in [6.45, 7) is 2.42. The number of amides is 2. The third kappa shape index (κ3) is 6.50. The van der Waals surface area contributed by atoms with E-state index >= 15 is 0 Å². The average Bonchev–Trinajstić information content (AvgIpc) is 2.39. The number of hydrogen-bond donors (Lipinski definition) is 3. The molecule has 4 nitrogen and oxygen atoms in total. The molecule has 0 aliphatic rings. The second-order valence-electron chi connectivity index (χ2n) is 4.47. The van der Waals surface area contributed by atoms with Gasteiger partial charge in [0.25, 0.3) is 0 Å². The molecule has 0 aromatic heterocycles. The largest absolute Gasteiger partial charge is 0.388 e. The van der Waals surface area contributed by atoms with Crippen molar-refractivity contribution in [2.45, 2.75) is 25.5 Å².